The molecule has 0 aromatic carbocycles. The summed E-state index contributed by atoms with van der Waals surface area (Å²) in [6.07, 6.45) is 7.05. The lowest BCUT2D eigenvalue weighted by atomic mass is 9.72. The van der Waals surface area contributed by atoms with Gasteiger partial charge in [-0.2, -0.15) is 0 Å². The van der Waals surface area contributed by atoms with Gasteiger partial charge in [0.25, 0.3) is 0 Å². The predicted molar refractivity (Wildman–Crippen MR) is 90.2 cm³/mol. The van der Waals surface area contributed by atoms with Crippen molar-refractivity contribution in [3.63, 3.8) is 0 Å². The van der Waals surface area contributed by atoms with E-state index in [-0.39, 0.29) is 0 Å². The third kappa shape index (κ3) is 5.37. The van der Waals surface area contributed by atoms with E-state index in [2.05, 4.69) is 58.8 Å². The van der Waals surface area contributed by atoms with E-state index in [4.69, 9.17) is 0 Å². The van der Waals surface area contributed by atoms with E-state index in [1.54, 1.807) is 0 Å². The lowest BCUT2D eigenvalue weighted by Crippen LogP contribution is -2.50. The molecule has 0 bridgehead atoms. The summed E-state index contributed by atoms with van der Waals surface area (Å²) in [5.74, 6) is 0. The van der Waals surface area contributed by atoms with E-state index in [9.17, 15) is 0 Å². The standard InChI is InChI=1S/C18H38N2/c1-15(2)19-13-18(11-9-8-10-12-18)14-20(7)16(3)17(4,5)6/h15-16,19H,8-14H2,1-7H3. The molecule has 1 N–H and O–H groups in total. The first-order chi connectivity index (χ1) is 9.16. The summed E-state index contributed by atoms with van der Waals surface area (Å²) >= 11 is 0. The first-order valence-corrected chi connectivity index (χ1v) is 8.60. The van der Waals surface area contributed by atoms with Crippen molar-refractivity contribution in [1.82, 2.24) is 10.2 Å². The Kier molecular flexibility index (Phi) is 6.53. The van der Waals surface area contributed by atoms with Gasteiger partial charge in [0.05, 0.1) is 0 Å². The lowest BCUT2D eigenvalue weighted by molar-refractivity contribution is 0.0589. The van der Waals surface area contributed by atoms with Gasteiger partial charge in [0.15, 0.2) is 0 Å². The summed E-state index contributed by atoms with van der Waals surface area (Å²) < 4.78 is 0. The van der Waals surface area contributed by atoms with Gasteiger partial charge in [-0.1, -0.05) is 53.9 Å². The zero-order chi connectivity index (χ0) is 15.4. The molecule has 2 nitrogen and oxygen atoms in total. The Morgan fingerprint density at radius 2 is 1.60 bits per heavy atom. The zero-order valence-electron chi connectivity index (χ0n) is 15.1. The highest BCUT2D eigenvalue weighted by atomic mass is 15.1. The smallest absolute Gasteiger partial charge is 0.0113 e. The molecule has 120 valence electrons. The summed E-state index contributed by atoms with van der Waals surface area (Å²) in [5, 5.41) is 3.71. The molecule has 1 fully saturated rings. The fraction of sp³-hybridized carbons (Fsp3) is 1.00. The molecular weight excluding hydrogens is 244 g/mol. The van der Waals surface area contributed by atoms with Crippen LogP contribution in [0.2, 0.25) is 0 Å². The fourth-order valence-corrected chi connectivity index (χ4v) is 3.44. The Morgan fingerprint density at radius 3 is 2.05 bits per heavy atom. The van der Waals surface area contributed by atoms with E-state index >= 15 is 0 Å². The van der Waals surface area contributed by atoms with Crippen LogP contribution in [0, 0.1) is 10.8 Å². The van der Waals surface area contributed by atoms with Gasteiger partial charge in [-0.3, -0.25) is 0 Å². The Morgan fingerprint density at radius 1 is 1.05 bits per heavy atom. The van der Waals surface area contributed by atoms with Crippen LogP contribution in [0.5, 0.6) is 0 Å². The lowest BCUT2D eigenvalue weighted by Gasteiger charge is -2.45. The normalized spacial score (nSPS) is 21.4. The molecule has 0 aromatic heterocycles. The highest BCUT2D eigenvalue weighted by molar-refractivity contribution is 4.90. The average molecular weight is 283 g/mol. The van der Waals surface area contributed by atoms with Crippen LogP contribution in [-0.2, 0) is 0 Å². The van der Waals surface area contributed by atoms with E-state index < -0.39 is 0 Å². The SMILES string of the molecule is CC(C)NCC1(CN(C)C(C)C(C)(C)C)CCCCC1. The molecule has 1 rings (SSSR count). The molecule has 0 saturated heterocycles. The maximum Gasteiger partial charge on any atom is 0.0113 e. The molecule has 1 atom stereocenters. The van der Waals surface area contributed by atoms with Crippen LogP contribution in [0.1, 0.15) is 73.6 Å². The van der Waals surface area contributed by atoms with E-state index in [1.807, 2.05) is 0 Å². The minimum absolute atomic E-state index is 0.357. The van der Waals surface area contributed by atoms with Crippen molar-refractivity contribution in [1.29, 1.82) is 0 Å². The second-order valence-corrected chi connectivity index (χ2v) is 8.55. The molecule has 0 radical (unpaired) electrons. The number of rotatable bonds is 6. The Balaban J connectivity index is 2.68. The third-order valence-electron chi connectivity index (χ3n) is 5.30. The molecule has 20 heavy (non-hydrogen) atoms. The predicted octanol–water partition coefficient (Wildman–Crippen LogP) is 4.30. The maximum atomic E-state index is 3.71. The average Bonchev–Trinajstić information content (AvgIpc) is 2.35. The van der Waals surface area contributed by atoms with Crippen LogP contribution in [0.3, 0.4) is 0 Å². The molecule has 1 saturated carbocycles. The topological polar surface area (TPSA) is 15.3 Å². The number of nitrogens with one attached hydrogen (secondary N) is 1. The summed E-state index contributed by atoms with van der Waals surface area (Å²) in [7, 11) is 2.32. The fourth-order valence-electron chi connectivity index (χ4n) is 3.44. The van der Waals surface area contributed by atoms with Gasteiger partial charge < -0.3 is 10.2 Å². The third-order valence-corrected chi connectivity index (χ3v) is 5.30. The summed E-state index contributed by atoms with van der Waals surface area (Å²) in [5.41, 5.74) is 0.854. The molecule has 0 heterocycles. The molecule has 2 heteroatoms. The van der Waals surface area contributed by atoms with Crippen LogP contribution in [0.25, 0.3) is 0 Å². The van der Waals surface area contributed by atoms with Crippen molar-refractivity contribution in [2.24, 2.45) is 10.8 Å². The van der Waals surface area contributed by atoms with E-state index in [0.29, 0.717) is 22.9 Å². The maximum absolute atomic E-state index is 3.71. The molecule has 0 spiro atoms. The largest absolute Gasteiger partial charge is 0.314 e. The molecule has 0 aliphatic heterocycles. The Labute approximate surface area is 127 Å². The van der Waals surface area contributed by atoms with Crippen LogP contribution >= 0.6 is 0 Å². The highest BCUT2D eigenvalue weighted by Gasteiger charge is 2.35. The van der Waals surface area contributed by atoms with Gasteiger partial charge in [-0.25, -0.2) is 0 Å². The second-order valence-electron chi connectivity index (χ2n) is 8.55. The van der Waals surface area contributed by atoms with Gasteiger partial charge in [0.2, 0.25) is 0 Å². The second kappa shape index (κ2) is 7.26. The Bertz CT molecular complexity index is 272. The number of nitrogens with zero attached hydrogens (tertiary/aromatic N) is 1. The molecule has 0 aromatic rings. The van der Waals surface area contributed by atoms with Crippen LogP contribution in [0.15, 0.2) is 0 Å². The van der Waals surface area contributed by atoms with Crippen molar-refractivity contribution < 1.29 is 0 Å². The summed E-state index contributed by atoms with van der Waals surface area (Å²) in [6, 6.07) is 1.22. The highest BCUT2D eigenvalue weighted by Crippen LogP contribution is 2.38. The number of hydrogen-bond donors (Lipinski definition) is 1. The van der Waals surface area contributed by atoms with Gasteiger partial charge in [-0.15, -0.1) is 0 Å². The van der Waals surface area contributed by atoms with Crippen LogP contribution in [0.4, 0.5) is 0 Å². The van der Waals surface area contributed by atoms with E-state index in [0.717, 1.165) is 0 Å². The monoisotopic (exact) mass is 282 g/mol. The zero-order valence-corrected chi connectivity index (χ0v) is 15.1. The van der Waals surface area contributed by atoms with Crippen LogP contribution in [-0.4, -0.2) is 37.1 Å². The Hall–Kier alpha value is -0.0800. The van der Waals surface area contributed by atoms with Crippen molar-refractivity contribution >= 4 is 0 Å². The van der Waals surface area contributed by atoms with Crippen molar-refractivity contribution in [2.45, 2.75) is 85.7 Å². The molecule has 1 unspecified atom stereocenters. The van der Waals surface area contributed by atoms with Crippen LogP contribution < -0.4 is 5.32 Å². The van der Waals surface area contributed by atoms with Gasteiger partial charge >= 0.3 is 0 Å². The van der Waals surface area contributed by atoms with Crippen molar-refractivity contribution in [3.8, 4) is 0 Å². The first-order valence-electron chi connectivity index (χ1n) is 8.60. The molecular formula is C18H38N2. The van der Waals surface area contributed by atoms with E-state index in [1.165, 1.54) is 45.2 Å². The molecule has 0 amide bonds. The molecule has 1 aliphatic rings. The van der Waals surface area contributed by atoms with Gasteiger partial charge in [0.1, 0.15) is 0 Å². The first kappa shape index (κ1) is 18.0. The summed E-state index contributed by atoms with van der Waals surface area (Å²) in [4.78, 5) is 2.60. The van der Waals surface area contributed by atoms with Crippen molar-refractivity contribution in [2.75, 3.05) is 20.1 Å². The number of hydrogen-bond acceptors (Lipinski definition) is 2. The van der Waals surface area contributed by atoms with Gasteiger partial charge in [0, 0.05) is 25.2 Å². The molecule has 1 aliphatic carbocycles. The van der Waals surface area contributed by atoms with Crippen molar-refractivity contribution in [3.05, 3.63) is 0 Å². The minimum atomic E-state index is 0.357. The summed E-state index contributed by atoms with van der Waals surface area (Å²) in [6.45, 7) is 16.4. The minimum Gasteiger partial charge on any atom is -0.314 e. The van der Waals surface area contributed by atoms with Gasteiger partial charge in [-0.05, 0) is 37.6 Å². The quantitative estimate of drug-likeness (QED) is 0.781.